The molecule has 0 fully saturated rings. The first-order valence-electron chi connectivity index (χ1n) is 9.15. The summed E-state index contributed by atoms with van der Waals surface area (Å²) in [6, 6.07) is 13.0. The molecule has 2 aromatic carbocycles. The maximum Gasteiger partial charge on any atom is 0.277 e. The van der Waals surface area contributed by atoms with Crippen LogP contribution < -0.4 is 10.1 Å². The fourth-order valence-corrected chi connectivity index (χ4v) is 3.38. The number of aromatic nitrogens is 2. The average molecular weight is 432 g/mol. The number of hydrogen-bond acceptors (Lipinski definition) is 6. The third-order valence-electron chi connectivity index (χ3n) is 4.14. The van der Waals surface area contributed by atoms with Gasteiger partial charge in [0.05, 0.1) is 5.75 Å². The Hall–Kier alpha value is -2.51. The number of thioether (sulfide) groups is 1. The van der Waals surface area contributed by atoms with Gasteiger partial charge in [-0.1, -0.05) is 55.4 Å². The molecule has 6 nitrogen and oxygen atoms in total. The highest BCUT2D eigenvalue weighted by atomic mass is 35.5. The van der Waals surface area contributed by atoms with Gasteiger partial charge in [-0.05, 0) is 48.2 Å². The minimum atomic E-state index is -0.122. The molecule has 1 aromatic heterocycles. The van der Waals surface area contributed by atoms with Crippen molar-refractivity contribution in [3.05, 3.63) is 64.5 Å². The number of nitrogens with one attached hydrogen (secondary N) is 1. The lowest BCUT2D eigenvalue weighted by Crippen LogP contribution is -2.16. The molecular formula is C21H22ClN3O3S. The molecule has 1 N–H and O–H groups in total. The molecule has 8 heteroatoms. The van der Waals surface area contributed by atoms with Crippen molar-refractivity contribution in [3.63, 3.8) is 0 Å². The number of para-hydroxylation sites is 1. The zero-order valence-electron chi connectivity index (χ0n) is 16.4. The fraction of sp³-hybridized carbons (Fsp3) is 0.286. The zero-order chi connectivity index (χ0) is 20.8. The molecule has 0 aliphatic carbocycles. The van der Waals surface area contributed by atoms with E-state index >= 15 is 0 Å². The molecular weight excluding hydrogens is 410 g/mol. The highest BCUT2D eigenvalue weighted by Crippen LogP contribution is 2.28. The number of carbonyl (C=O) groups excluding carboxylic acids is 1. The summed E-state index contributed by atoms with van der Waals surface area (Å²) >= 11 is 7.03. The van der Waals surface area contributed by atoms with E-state index in [0.717, 1.165) is 16.8 Å². The Morgan fingerprint density at radius 1 is 1.21 bits per heavy atom. The molecule has 0 aliphatic rings. The Labute approximate surface area is 179 Å². The summed E-state index contributed by atoms with van der Waals surface area (Å²) in [5, 5.41) is 11.9. The van der Waals surface area contributed by atoms with Crippen molar-refractivity contribution in [2.24, 2.45) is 0 Å². The van der Waals surface area contributed by atoms with Gasteiger partial charge < -0.3 is 14.5 Å². The topological polar surface area (TPSA) is 77.2 Å². The quantitative estimate of drug-likeness (QED) is 0.477. The summed E-state index contributed by atoms with van der Waals surface area (Å²) in [5.74, 6) is 1.36. The number of hydrogen-bond donors (Lipinski definition) is 1. The number of aryl methyl sites for hydroxylation is 1. The van der Waals surface area contributed by atoms with Crippen molar-refractivity contribution in [2.75, 3.05) is 11.1 Å². The Morgan fingerprint density at radius 2 is 1.97 bits per heavy atom. The third kappa shape index (κ3) is 5.98. The SMILES string of the molecule is Cc1cccc(C(C)C)c1NC(=O)CSc1nnc(COc2ccc(Cl)cc2)o1. The van der Waals surface area contributed by atoms with Gasteiger partial charge in [0, 0.05) is 10.7 Å². The van der Waals surface area contributed by atoms with Crippen molar-refractivity contribution < 1.29 is 13.9 Å². The van der Waals surface area contributed by atoms with E-state index in [1.165, 1.54) is 11.8 Å². The predicted octanol–water partition coefficient (Wildman–Crippen LogP) is 5.46. The van der Waals surface area contributed by atoms with Crippen LogP contribution in [0.1, 0.15) is 36.8 Å². The van der Waals surface area contributed by atoms with Gasteiger partial charge >= 0.3 is 0 Å². The van der Waals surface area contributed by atoms with Gasteiger partial charge in [0.15, 0.2) is 6.61 Å². The molecule has 0 atom stereocenters. The van der Waals surface area contributed by atoms with E-state index in [9.17, 15) is 4.79 Å². The minimum absolute atomic E-state index is 0.122. The van der Waals surface area contributed by atoms with E-state index in [4.69, 9.17) is 20.8 Å². The largest absolute Gasteiger partial charge is 0.484 e. The summed E-state index contributed by atoms with van der Waals surface area (Å²) in [4.78, 5) is 12.4. The number of ether oxygens (including phenoxy) is 1. The van der Waals surface area contributed by atoms with Crippen molar-refractivity contribution in [1.82, 2.24) is 10.2 Å². The van der Waals surface area contributed by atoms with Crippen LogP contribution in [0.3, 0.4) is 0 Å². The first kappa shape index (κ1) is 21.2. The van der Waals surface area contributed by atoms with Crippen molar-refractivity contribution in [2.45, 2.75) is 38.5 Å². The number of amides is 1. The van der Waals surface area contributed by atoms with Gasteiger partial charge in [0.1, 0.15) is 5.75 Å². The van der Waals surface area contributed by atoms with Gasteiger partial charge in [-0.3, -0.25) is 4.79 Å². The first-order chi connectivity index (χ1) is 13.9. The standard InChI is InChI=1S/C21H22ClN3O3S/c1-13(2)17-6-4-5-14(3)20(17)23-18(26)12-29-21-25-24-19(28-21)11-27-16-9-7-15(22)8-10-16/h4-10,13H,11-12H2,1-3H3,(H,23,26). The molecule has 3 rings (SSSR count). The molecule has 0 radical (unpaired) electrons. The number of carbonyl (C=O) groups is 1. The summed E-state index contributed by atoms with van der Waals surface area (Å²) in [5.41, 5.74) is 3.02. The van der Waals surface area contributed by atoms with E-state index in [1.807, 2.05) is 25.1 Å². The van der Waals surface area contributed by atoms with E-state index in [-0.39, 0.29) is 18.3 Å². The van der Waals surface area contributed by atoms with E-state index in [1.54, 1.807) is 24.3 Å². The number of anilines is 1. The summed E-state index contributed by atoms with van der Waals surface area (Å²) in [6.07, 6.45) is 0. The molecule has 0 spiro atoms. The summed E-state index contributed by atoms with van der Waals surface area (Å²) in [6.45, 7) is 6.33. The molecule has 0 unspecified atom stereocenters. The first-order valence-corrected chi connectivity index (χ1v) is 10.5. The van der Waals surface area contributed by atoms with Crippen LogP contribution in [0.4, 0.5) is 5.69 Å². The molecule has 3 aromatic rings. The number of nitrogens with zero attached hydrogens (tertiary/aromatic N) is 2. The lowest BCUT2D eigenvalue weighted by Gasteiger charge is -2.16. The highest BCUT2D eigenvalue weighted by molar-refractivity contribution is 7.99. The van der Waals surface area contributed by atoms with Gasteiger partial charge in [-0.15, -0.1) is 10.2 Å². The Balaban J connectivity index is 1.52. The number of halogens is 1. The average Bonchev–Trinajstić information content (AvgIpc) is 3.15. The molecule has 0 bridgehead atoms. The van der Waals surface area contributed by atoms with Crippen molar-refractivity contribution in [1.29, 1.82) is 0 Å². The van der Waals surface area contributed by atoms with Crippen molar-refractivity contribution in [3.8, 4) is 5.75 Å². The van der Waals surface area contributed by atoms with Crippen LogP contribution in [0.15, 0.2) is 52.1 Å². The second kappa shape index (κ2) is 9.80. The molecule has 1 amide bonds. The van der Waals surface area contributed by atoms with Crippen LogP contribution in [0.25, 0.3) is 0 Å². The van der Waals surface area contributed by atoms with Crippen LogP contribution in [0.2, 0.25) is 5.02 Å². The Kier molecular flexibility index (Phi) is 7.17. The second-order valence-corrected chi connectivity index (χ2v) is 8.10. The fourth-order valence-electron chi connectivity index (χ4n) is 2.68. The molecule has 152 valence electrons. The van der Waals surface area contributed by atoms with Crippen LogP contribution in [-0.2, 0) is 11.4 Å². The molecule has 0 saturated heterocycles. The second-order valence-electron chi connectivity index (χ2n) is 6.73. The van der Waals surface area contributed by atoms with Crippen LogP contribution >= 0.6 is 23.4 Å². The van der Waals surface area contributed by atoms with Gasteiger partial charge in [-0.25, -0.2) is 0 Å². The smallest absolute Gasteiger partial charge is 0.277 e. The van der Waals surface area contributed by atoms with Gasteiger partial charge in [0.25, 0.3) is 11.1 Å². The van der Waals surface area contributed by atoms with E-state index in [0.29, 0.717) is 27.8 Å². The summed E-state index contributed by atoms with van der Waals surface area (Å²) in [7, 11) is 0. The van der Waals surface area contributed by atoms with E-state index in [2.05, 4.69) is 29.4 Å². The van der Waals surface area contributed by atoms with Crippen LogP contribution in [0, 0.1) is 6.92 Å². The third-order valence-corrected chi connectivity index (χ3v) is 5.21. The predicted molar refractivity (Wildman–Crippen MR) is 115 cm³/mol. The zero-order valence-corrected chi connectivity index (χ0v) is 18.0. The monoisotopic (exact) mass is 431 g/mol. The molecule has 0 saturated carbocycles. The van der Waals surface area contributed by atoms with Crippen molar-refractivity contribution >= 4 is 35.0 Å². The molecule has 29 heavy (non-hydrogen) atoms. The number of benzene rings is 2. The Bertz CT molecular complexity index is 974. The normalized spacial score (nSPS) is 10.9. The lowest BCUT2D eigenvalue weighted by molar-refractivity contribution is -0.113. The van der Waals surface area contributed by atoms with Crippen LogP contribution in [0.5, 0.6) is 5.75 Å². The number of rotatable bonds is 8. The van der Waals surface area contributed by atoms with E-state index < -0.39 is 0 Å². The highest BCUT2D eigenvalue weighted by Gasteiger charge is 2.14. The van der Waals surface area contributed by atoms with Crippen LogP contribution in [-0.4, -0.2) is 21.9 Å². The Morgan fingerprint density at radius 3 is 2.69 bits per heavy atom. The maximum absolute atomic E-state index is 12.4. The lowest BCUT2D eigenvalue weighted by atomic mass is 9.98. The maximum atomic E-state index is 12.4. The molecule has 0 aliphatic heterocycles. The van der Waals surface area contributed by atoms with Gasteiger partial charge in [0.2, 0.25) is 5.91 Å². The molecule has 1 heterocycles. The summed E-state index contributed by atoms with van der Waals surface area (Å²) < 4.78 is 11.1. The minimum Gasteiger partial charge on any atom is -0.484 e. The van der Waals surface area contributed by atoms with Gasteiger partial charge in [-0.2, -0.15) is 0 Å².